The number of sulfonamides is 1. The van der Waals surface area contributed by atoms with Crippen molar-refractivity contribution in [1.29, 1.82) is 0 Å². The van der Waals surface area contributed by atoms with Crippen molar-refractivity contribution in [3.63, 3.8) is 0 Å². The number of benzene rings is 2. The van der Waals surface area contributed by atoms with E-state index in [1.54, 1.807) is 36.4 Å². The number of rotatable bonds is 6. The molecule has 2 aromatic rings. The predicted molar refractivity (Wildman–Crippen MR) is 89.5 cm³/mol. The van der Waals surface area contributed by atoms with Crippen LogP contribution >= 0.6 is 15.9 Å². The van der Waals surface area contributed by atoms with E-state index >= 15 is 0 Å². The molecule has 0 bridgehead atoms. The van der Waals surface area contributed by atoms with Crippen molar-refractivity contribution in [3.05, 3.63) is 58.6 Å². The molecule has 0 aliphatic rings. The first-order valence-electron chi connectivity index (χ1n) is 6.73. The molecule has 0 aliphatic carbocycles. The number of ether oxygens (including phenoxy) is 1. The first-order valence-corrected chi connectivity index (χ1v) is 9.00. The molecular weight excluding hydrogens is 384 g/mol. The van der Waals surface area contributed by atoms with Gasteiger partial charge in [-0.25, -0.2) is 8.42 Å². The summed E-state index contributed by atoms with van der Waals surface area (Å²) in [6.07, 6.45) is 0. The summed E-state index contributed by atoms with van der Waals surface area (Å²) in [5, 5.41) is 0. The van der Waals surface area contributed by atoms with Crippen molar-refractivity contribution in [2.24, 2.45) is 0 Å². The Balaban J connectivity index is 2.05. The summed E-state index contributed by atoms with van der Waals surface area (Å²) in [5.74, 6) is 0.0189. The maximum Gasteiger partial charge on any atom is 0.266 e. The van der Waals surface area contributed by atoms with Crippen molar-refractivity contribution >= 4 is 31.9 Å². The molecule has 2 N–H and O–H groups in total. The quantitative estimate of drug-likeness (QED) is 0.731. The molecule has 0 aliphatic heterocycles. The van der Waals surface area contributed by atoms with Crippen LogP contribution < -0.4 is 15.0 Å². The lowest BCUT2D eigenvalue weighted by Gasteiger charge is -2.09. The zero-order valence-corrected chi connectivity index (χ0v) is 14.6. The average molecular weight is 399 g/mol. The van der Waals surface area contributed by atoms with Gasteiger partial charge in [0.25, 0.3) is 15.9 Å². The van der Waals surface area contributed by atoms with E-state index in [2.05, 4.69) is 26.2 Å². The standard InChI is InChI=1S/C15H15BrN2O4S/c1-2-22-13-6-8-14(9-7-13)23(20,21)18-17-15(19)11-4-3-5-12(16)10-11/h3-10,18H,2H2,1H3,(H,17,19). The molecule has 2 rings (SSSR count). The highest BCUT2D eigenvalue weighted by molar-refractivity contribution is 9.10. The maximum atomic E-state index is 12.1. The van der Waals surface area contributed by atoms with Crippen molar-refractivity contribution in [1.82, 2.24) is 10.3 Å². The summed E-state index contributed by atoms with van der Waals surface area (Å²) in [4.78, 5) is 14.0. The molecular formula is C15H15BrN2O4S. The lowest BCUT2D eigenvalue weighted by Crippen LogP contribution is -2.41. The van der Waals surface area contributed by atoms with Crippen LogP contribution in [0.5, 0.6) is 5.75 Å². The number of halogens is 1. The lowest BCUT2D eigenvalue weighted by atomic mass is 10.2. The number of carbonyl (C=O) groups is 1. The van der Waals surface area contributed by atoms with E-state index in [0.29, 0.717) is 17.9 Å². The van der Waals surface area contributed by atoms with Crippen molar-refractivity contribution < 1.29 is 17.9 Å². The molecule has 0 saturated carbocycles. The second kappa shape index (κ2) is 7.58. The monoisotopic (exact) mass is 398 g/mol. The average Bonchev–Trinajstić information content (AvgIpc) is 2.53. The Bertz CT molecular complexity index is 791. The molecule has 0 heterocycles. The van der Waals surface area contributed by atoms with E-state index in [0.717, 1.165) is 4.47 Å². The van der Waals surface area contributed by atoms with E-state index in [1.165, 1.54) is 12.1 Å². The Morgan fingerprint density at radius 2 is 1.87 bits per heavy atom. The highest BCUT2D eigenvalue weighted by Crippen LogP contribution is 2.15. The van der Waals surface area contributed by atoms with E-state index < -0.39 is 15.9 Å². The van der Waals surface area contributed by atoms with Crippen LogP contribution in [0.2, 0.25) is 0 Å². The van der Waals surface area contributed by atoms with Gasteiger partial charge in [-0.3, -0.25) is 10.2 Å². The van der Waals surface area contributed by atoms with Gasteiger partial charge in [-0.15, -0.1) is 4.83 Å². The van der Waals surface area contributed by atoms with Gasteiger partial charge in [0.1, 0.15) is 5.75 Å². The van der Waals surface area contributed by atoms with Gasteiger partial charge < -0.3 is 4.74 Å². The number of amides is 1. The third kappa shape index (κ3) is 4.78. The van der Waals surface area contributed by atoms with E-state index in [-0.39, 0.29) is 4.90 Å². The molecule has 8 heteroatoms. The van der Waals surface area contributed by atoms with E-state index in [1.807, 2.05) is 6.92 Å². The molecule has 6 nitrogen and oxygen atoms in total. The normalized spacial score (nSPS) is 11.0. The fourth-order valence-corrected chi connectivity index (χ4v) is 2.99. The van der Waals surface area contributed by atoms with Crippen LogP contribution in [-0.2, 0) is 10.0 Å². The molecule has 2 aromatic carbocycles. The minimum atomic E-state index is -3.85. The molecule has 1 amide bonds. The molecule has 23 heavy (non-hydrogen) atoms. The minimum absolute atomic E-state index is 0.0236. The zero-order chi connectivity index (χ0) is 16.9. The summed E-state index contributed by atoms with van der Waals surface area (Å²) >= 11 is 3.25. The summed E-state index contributed by atoms with van der Waals surface area (Å²) in [6.45, 7) is 2.33. The molecule has 0 unspecified atom stereocenters. The number of carbonyl (C=O) groups excluding carboxylic acids is 1. The fraction of sp³-hybridized carbons (Fsp3) is 0.133. The Labute approximate surface area is 143 Å². The van der Waals surface area contributed by atoms with Crippen molar-refractivity contribution in [2.75, 3.05) is 6.61 Å². The summed E-state index contributed by atoms with van der Waals surface area (Å²) in [5.41, 5.74) is 2.50. The Morgan fingerprint density at radius 3 is 2.48 bits per heavy atom. The van der Waals surface area contributed by atoms with Gasteiger partial charge in [-0.2, -0.15) is 0 Å². The smallest absolute Gasteiger partial charge is 0.266 e. The van der Waals surface area contributed by atoms with Gasteiger partial charge in [-0.1, -0.05) is 22.0 Å². The largest absolute Gasteiger partial charge is 0.494 e. The van der Waals surface area contributed by atoms with Crippen LogP contribution in [0.3, 0.4) is 0 Å². The molecule has 122 valence electrons. The molecule has 0 spiro atoms. The lowest BCUT2D eigenvalue weighted by molar-refractivity contribution is 0.0945. The highest BCUT2D eigenvalue weighted by atomic mass is 79.9. The molecule has 0 aromatic heterocycles. The number of nitrogens with one attached hydrogen (secondary N) is 2. The van der Waals surface area contributed by atoms with Crippen LogP contribution in [-0.4, -0.2) is 20.9 Å². The highest BCUT2D eigenvalue weighted by Gasteiger charge is 2.15. The van der Waals surface area contributed by atoms with Crippen LogP contribution in [0, 0.1) is 0 Å². The SMILES string of the molecule is CCOc1ccc(S(=O)(=O)NNC(=O)c2cccc(Br)c2)cc1. The second-order valence-electron chi connectivity index (χ2n) is 4.47. The predicted octanol–water partition coefficient (Wildman–Crippen LogP) is 2.47. The van der Waals surface area contributed by atoms with Crippen molar-refractivity contribution in [2.45, 2.75) is 11.8 Å². The second-order valence-corrected chi connectivity index (χ2v) is 7.07. The van der Waals surface area contributed by atoms with Crippen LogP contribution in [0.25, 0.3) is 0 Å². The zero-order valence-electron chi connectivity index (χ0n) is 12.2. The van der Waals surface area contributed by atoms with Gasteiger partial charge in [0.15, 0.2) is 0 Å². The number of hydrazine groups is 1. The van der Waals surface area contributed by atoms with E-state index in [9.17, 15) is 13.2 Å². The molecule has 0 atom stereocenters. The molecule has 0 saturated heterocycles. The van der Waals surface area contributed by atoms with Crippen LogP contribution in [0.4, 0.5) is 0 Å². The van der Waals surface area contributed by atoms with Gasteiger partial charge in [0, 0.05) is 10.0 Å². The van der Waals surface area contributed by atoms with Gasteiger partial charge in [0.2, 0.25) is 0 Å². The maximum absolute atomic E-state index is 12.1. The van der Waals surface area contributed by atoms with Crippen LogP contribution in [0.1, 0.15) is 17.3 Å². The van der Waals surface area contributed by atoms with Gasteiger partial charge in [0.05, 0.1) is 11.5 Å². The Hall–Kier alpha value is -1.90. The topological polar surface area (TPSA) is 84.5 Å². The molecule has 0 radical (unpaired) electrons. The fourth-order valence-electron chi connectivity index (χ4n) is 1.76. The summed E-state index contributed by atoms with van der Waals surface area (Å²) in [7, 11) is -3.85. The van der Waals surface area contributed by atoms with Gasteiger partial charge >= 0.3 is 0 Å². The summed E-state index contributed by atoms with van der Waals surface area (Å²) < 4.78 is 30.2. The Morgan fingerprint density at radius 1 is 1.17 bits per heavy atom. The number of hydrogen-bond acceptors (Lipinski definition) is 4. The first-order chi connectivity index (χ1) is 10.9. The molecule has 0 fully saturated rings. The van der Waals surface area contributed by atoms with Crippen molar-refractivity contribution in [3.8, 4) is 5.75 Å². The van der Waals surface area contributed by atoms with E-state index in [4.69, 9.17) is 4.74 Å². The number of hydrogen-bond donors (Lipinski definition) is 2. The summed E-state index contributed by atoms with van der Waals surface area (Å²) in [6, 6.07) is 12.5. The minimum Gasteiger partial charge on any atom is -0.494 e. The van der Waals surface area contributed by atoms with Gasteiger partial charge in [-0.05, 0) is 49.4 Å². The third-order valence-electron chi connectivity index (χ3n) is 2.83. The third-order valence-corrected chi connectivity index (χ3v) is 4.59. The first kappa shape index (κ1) is 17.5. The Kier molecular flexibility index (Phi) is 5.75. The van der Waals surface area contributed by atoms with Crippen LogP contribution in [0.15, 0.2) is 57.9 Å².